The molecule has 6 rings (SSSR count). The van der Waals surface area contributed by atoms with Gasteiger partial charge in [-0.15, -0.1) is 0 Å². The summed E-state index contributed by atoms with van der Waals surface area (Å²) in [5, 5.41) is 39.0. The molecule has 2 aliphatic rings. The molecule has 0 spiro atoms. The number of amides is 9. The summed E-state index contributed by atoms with van der Waals surface area (Å²) in [6.07, 6.45) is 2.85. The molecule has 2 aromatic heterocycles. The van der Waals surface area contributed by atoms with Crippen LogP contribution in [0.1, 0.15) is 49.4 Å². The van der Waals surface area contributed by atoms with Crippen molar-refractivity contribution >= 4 is 97.6 Å². The van der Waals surface area contributed by atoms with Crippen molar-refractivity contribution in [2.24, 2.45) is 5.73 Å². The number of carbonyl (C=O) groups excluding carboxylic acids is 9. The molecule has 0 radical (unpaired) electrons. The molecule has 74 heavy (non-hydrogen) atoms. The molecule has 0 unspecified atom stereocenters. The maximum Gasteiger partial charge on any atom is 0.325 e. The minimum absolute atomic E-state index is 0.0666. The molecule has 2 aliphatic heterocycles. The van der Waals surface area contributed by atoms with Gasteiger partial charge in [0.15, 0.2) is 11.7 Å². The standard InChI is InChI=1S/C47H58N14O11S2/c1-25(62)36-22-73-74-23-37(61-38(63)21-53-47(61)72)45(71)56-32(13-14-39(64)65)41(67)59-35(18-28-20-50-24-54-28)44(70)57-33(16-26-8-3-2-4-9-26)42(68)55-31(12-7-15-51-46(48)49)40(66)58-34(43(69)60-36)17-27-19-52-30-11-6-5-10-29(27)30/h2-6,8-11,19-20,24,31-37,52H,7,12-18,21-23H2,1H3,(H,50,54)(H,53,72)(H,55,68)(H,56,71)(H,57,70)(H,58,66)(H,59,67)(H,60,69)(H,64,65)(H4,48,49,51)/t31-,32-,33+,34-,35-,36-,37-/m0/s1. The van der Waals surface area contributed by atoms with Crippen LogP contribution in [0.25, 0.3) is 10.9 Å². The highest BCUT2D eigenvalue weighted by atomic mass is 33.1. The number of rotatable bonds is 15. The minimum atomic E-state index is -1.66. The predicted octanol–water partition coefficient (Wildman–Crippen LogP) is -1.14. The molecule has 2 fully saturated rings. The van der Waals surface area contributed by atoms with E-state index in [1.807, 2.05) is 18.2 Å². The second-order valence-corrected chi connectivity index (χ2v) is 20.0. The van der Waals surface area contributed by atoms with Gasteiger partial charge in [0.05, 0.1) is 18.9 Å². The fourth-order valence-corrected chi connectivity index (χ4v) is 10.5. The van der Waals surface area contributed by atoms with E-state index in [2.05, 4.69) is 57.5 Å². The Morgan fingerprint density at radius 2 is 1.34 bits per heavy atom. The Bertz CT molecular complexity index is 2690. The van der Waals surface area contributed by atoms with Gasteiger partial charge in [0.2, 0.25) is 35.4 Å². The summed E-state index contributed by atoms with van der Waals surface area (Å²) in [6.45, 7) is 0.912. The number of hydrogen-bond donors (Lipinski definition) is 13. The SMILES string of the molecule is CC(=O)[C@@H]1CSSC[C@H](N2C(=O)CNC2=O)C(=O)N[C@@H](CCC(=O)O)C(=O)N[C@@H](Cc2cnc[nH]2)C(=O)N[C@H](Cc2ccccc2)C(=O)N[C@@H](CCCNC(=N)N)C(=O)N[C@@H](Cc2c[nH]c3ccccc23)C(=O)N1. The van der Waals surface area contributed by atoms with E-state index in [0.29, 0.717) is 21.7 Å². The number of carboxylic acids is 1. The quantitative estimate of drug-likeness (QED) is 0.0220. The molecule has 25 nitrogen and oxygen atoms in total. The molecular formula is C47H58N14O11S2. The number of nitrogens with one attached hydrogen (secondary N) is 11. The van der Waals surface area contributed by atoms with Gasteiger partial charge in [-0.1, -0.05) is 70.1 Å². The largest absolute Gasteiger partial charge is 0.481 e. The Kier molecular flexibility index (Phi) is 20.0. The number of urea groups is 1. The summed E-state index contributed by atoms with van der Waals surface area (Å²) < 4.78 is 0. The van der Waals surface area contributed by atoms with E-state index in [1.54, 1.807) is 42.6 Å². The monoisotopic (exact) mass is 1060 g/mol. The van der Waals surface area contributed by atoms with Crippen LogP contribution in [0.2, 0.25) is 0 Å². The van der Waals surface area contributed by atoms with Crippen LogP contribution < -0.4 is 48.3 Å². The van der Waals surface area contributed by atoms with Crippen LogP contribution in [0.3, 0.4) is 0 Å². The Morgan fingerprint density at radius 3 is 1.97 bits per heavy atom. The Labute approximate surface area is 431 Å². The van der Waals surface area contributed by atoms with Crippen LogP contribution >= 0.6 is 21.6 Å². The van der Waals surface area contributed by atoms with E-state index in [1.165, 1.54) is 19.4 Å². The van der Waals surface area contributed by atoms with Crippen molar-refractivity contribution in [3.8, 4) is 0 Å². The van der Waals surface area contributed by atoms with Crippen LogP contribution in [0.4, 0.5) is 4.79 Å². The van der Waals surface area contributed by atoms with Gasteiger partial charge in [0, 0.05) is 72.7 Å². The van der Waals surface area contributed by atoms with Gasteiger partial charge < -0.3 is 63.3 Å². The molecule has 9 amide bonds. The Morgan fingerprint density at radius 1 is 0.743 bits per heavy atom. The second kappa shape index (κ2) is 26.7. The molecule has 14 N–H and O–H groups in total. The third-order valence-corrected chi connectivity index (χ3v) is 14.4. The van der Waals surface area contributed by atoms with Crippen LogP contribution in [-0.4, -0.2) is 157 Å². The zero-order valence-corrected chi connectivity index (χ0v) is 41.7. The summed E-state index contributed by atoms with van der Waals surface area (Å²) >= 11 is 0. The average Bonchev–Trinajstić information content (AvgIpc) is 4.12. The molecule has 0 bridgehead atoms. The van der Waals surface area contributed by atoms with Crippen molar-refractivity contribution in [1.82, 2.24) is 62.4 Å². The van der Waals surface area contributed by atoms with E-state index < -0.39 is 121 Å². The first-order valence-electron chi connectivity index (χ1n) is 23.5. The number of para-hydroxylation sites is 1. The number of aliphatic carboxylic acids is 1. The summed E-state index contributed by atoms with van der Waals surface area (Å²) in [5.41, 5.74) is 7.82. The van der Waals surface area contributed by atoms with Gasteiger partial charge in [-0.25, -0.2) is 14.7 Å². The van der Waals surface area contributed by atoms with E-state index in [-0.39, 0.29) is 56.1 Å². The average molecular weight is 1060 g/mol. The summed E-state index contributed by atoms with van der Waals surface area (Å²) in [7, 11) is 1.97. The van der Waals surface area contributed by atoms with E-state index >= 15 is 0 Å². The third-order valence-electron chi connectivity index (χ3n) is 12.0. The van der Waals surface area contributed by atoms with Crippen molar-refractivity contribution < 1.29 is 53.1 Å². The molecule has 4 heterocycles. The van der Waals surface area contributed by atoms with E-state index in [9.17, 15) is 53.1 Å². The molecule has 394 valence electrons. The molecule has 4 aromatic rings. The highest BCUT2D eigenvalue weighted by Gasteiger charge is 2.41. The number of carboxylic acid groups (broad SMARTS) is 1. The first-order valence-corrected chi connectivity index (χ1v) is 26.0. The lowest BCUT2D eigenvalue weighted by atomic mass is 10.0. The third kappa shape index (κ3) is 15.8. The number of H-pyrrole nitrogens is 2. The number of aromatic amines is 2. The van der Waals surface area contributed by atoms with Crippen LogP contribution in [-0.2, 0) is 62.4 Å². The number of ketones is 1. The maximum atomic E-state index is 14.7. The second-order valence-electron chi connectivity index (χ2n) is 17.4. The number of carbonyl (C=O) groups is 10. The molecule has 0 aliphatic carbocycles. The predicted molar refractivity (Wildman–Crippen MR) is 272 cm³/mol. The zero-order chi connectivity index (χ0) is 53.3. The molecular weight excluding hydrogens is 1000 g/mol. The summed E-state index contributed by atoms with van der Waals surface area (Å²) in [4.78, 5) is 149. The first-order chi connectivity index (χ1) is 35.5. The number of guanidine groups is 1. The number of benzene rings is 2. The smallest absolute Gasteiger partial charge is 0.325 e. The Balaban J connectivity index is 1.41. The normalized spacial score (nSPS) is 23.1. The van der Waals surface area contributed by atoms with Gasteiger partial charge in [-0.05, 0) is 43.4 Å². The van der Waals surface area contributed by atoms with Gasteiger partial charge in [0.25, 0.3) is 5.91 Å². The van der Waals surface area contributed by atoms with E-state index in [0.717, 1.165) is 32.5 Å². The fourth-order valence-electron chi connectivity index (χ4n) is 8.09. The highest BCUT2D eigenvalue weighted by Crippen LogP contribution is 2.26. The molecule has 2 saturated heterocycles. The summed E-state index contributed by atoms with van der Waals surface area (Å²) in [5.74, 6) is -8.75. The number of nitrogens with two attached hydrogens (primary N) is 1. The minimum Gasteiger partial charge on any atom is -0.481 e. The lowest BCUT2D eigenvalue weighted by Crippen LogP contribution is -2.61. The van der Waals surface area contributed by atoms with E-state index in [4.69, 9.17) is 11.1 Å². The molecule has 2 aromatic carbocycles. The topological polar surface area (TPSA) is 385 Å². The lowest BCUT2D eigenvalue weighted by Gasteiger charge is -2.28. The van der Waals surface area contributed by atoms with Crippen molar-refractivity contribution in [3.63, 3.8) is 0 Å². The number of imidazole rings is 1. The van der Waals surface area contributed by atoms with Gasteiger partial charge in [0.1, 0.15) is 36.3 Å². The van der Waals surface area contributed by atoms with Gasteiger partial charge >= 0.3 is 12.0 Å². The maximum absolute atomic E-state index is 14.7. The number of Topliss-reactive ketones (excluding diaryl/α,β-unsaturated/α-hetero) is 1. The van der Waals surface area contributed by atoms with Crippen molar-refractivity contribution in [2.75, 3.05) is 24.6 Å². The number of imide groups is 1. The molecule has 0 saturated carbocycles. The number of hydrogen-bond acceptors (Lipinski definition) is 14. The van der Waals surface area contributed by atoms with Gasteiger partial charge in [-0.2, -0.15) is 0 Å². The lowest BCUT2D eigenvalue weighted by molar-refractivity contribution is -0.139. The zero-order valence-electron chi connectivity index (χ0n) is 40.1. The fraction of sp³-hybridized carbons (Fsp3) is 0.404. The van der Waals surface area contributed by atoms with Crippen LogP contribution in [0.15, 0.2) is 73.3 Å². The summed E-state index contributed by atoms with van der Waals surface area (Å²) in [6, 6.07) is 4.80. The van der Waals surface area contributed by atoms with Gasteiger partial charge in [-0.3, -0.25) is 48.6 Å². The Hall–Kier alpha value is -7.94. The van der Waals surface area contributed by atoms with Crippen molar-refractivity contribution in [2.45, 2.75) is 94.2 Å². The van der Waals surface area contributed by atoms with Crippen molar-refractivity contribution in [1.29, 1.82) is 5.41 Å². The van der Waals surface area contributed by atoms with Crippen LogP contribution in [0, 0.1) is 5.41 Å². The number of nitrogens with zero attached hydrogens (tertiary/aromatic N) is 2. The first kappa shape index (κ1) is 55.4. The number of aromatic nitrogens is 3. The number of fused-ring (bicyclic) bond motifs is 1. The molecule has 7 atom stereocenters. The van der Waals surface area contributed by atoms with Crippen molar-refractivity contribution in [3.05, 3.63) is 90.1 Å². The molecule has 27 heteroatoms. The van der Waals surface area contributed by atoms with Crippen LogP contribution in [0.5, 0.6) is 0 Å². The highest BCUT2D eigenvalue weighted by molar-refractivity contribution is 8.76.